The number of nitro benzene ring substituents is 2. The highest BCUT2D eigenvalue weighted by molar-refractivity contribution is 5.90. The van der Waals surface area contributed by atoms with E-state index in [9.17, 15) is 25.0 Å². The molecule has 236 valence electrons. The number of nitro groups is 2. The molecule has 1 aliphatic heterocycles. The van der Waals surface area contributed by atoms with Gasteiger partial charge in [0.25, 0.3) is 5.69 Å². The van der Waals surface area contributed by atoms with Crippen molar-refractivity contribution in [3.63, 3.8) is 0 Å². The van der Waals surface area contributed by atoms with Crippen LogP contribution in [0.5, 0.6) is 5.75 Å². The number of nitrogens with zero attached hydrogens (tertiary/aromatic N) is 4. The smallest absolute Gasteiger partial charge is 0.338 e. The van der Waals surface area contributed by atoms with Crippen molar-refractivity contribution in [1.82, 2.24) is 0 Å². The molecule has 5 rings (SSSR count). The topological polar surface area (TPSA) is 149 Å². The van der Waals surface area contributed by atoms with E-state index in [2.05, 4.69) is 22.4 Å². The molecule has 1 fully saturated rings. The lowest BCUT2D eigenvalue weighted by atomic mass is 10.0. The fraction of sp³-hybridized carbons (Fsp3) is 0.235. The number of carbonyl (C=O) groups excluding carboxylic acids is 1. The van der Waals surface area contributed by atoms with Crippen LogP contribution in [-0.4, -0.2) is 47.8 Å². The minimum Gasteiger partial charge on any atom is -0.494 e. The highest BCUT2D eigenvalue weighted by Gasteiger charge is 2.26. The monoisotopic (exact) mass is 623 g/mol. The molecular formula is C34H33N5O7. The number of nitrogens with one attached hydrogen (secondary N) is 1. The lowest BCUT2D eigenvalue weighted by Gasteiger charge is -2.19. The van der Waals surface area contributed by atoms with Crippen LogP contribution in [0.25, 0.3) is 11.1 Å². The maximum Gasteiger partial charge on any atom is 0.338 e. The zero-order valence-corrected chi connectivity index (χ0v) is 25.2. The highest BCUT2D eigenvalue weighted by Crippen LogP contribution is 2.29. The second-order valence-electron chi connectivity index (χ2n) is 10.7. The number of anilines is 2. The summed E-state index contributed by atoms with van der Waals surface area (Å²) in [6, 6.07) is 26.1. The Labute approximate surface area is 265 Å². The molecule has 0 aromatic heterocycles. The quantitative estimate of drug-likeness (QED) is 0.0535. The van der Waals surface area contributed by atoms with Crippen LogP contribution >= 0.6 is 0 Å². The molecule has 1 N–H and O–H groups in total. The first-order valence-electron chi connectivity index (χ1n) is 14.9. The second kappa shape index (κ2) is 14.8. The van der Waals surface area contributed by atoms with Gasteiger partial charge in [0.15, 0.2) is 0 Å². The van der Waals surface area contributed by atoms with Crippen molar-refractivity contribution in [2.24, 2.45) is 5.10 Å². The maximum absolute atomic E-state index is 12.9. The van der Waals surface area contributed by atoms with E-state index in [0.717, 1.165) is 53.6 Å². The van der Waals surface area contributed by atoms with E-state index < -0.39 is 15.5 Å². The zero-order chi connectivity index (χ0) is 32.5. The Kier molecular flexibility index (Phi) is 10.2. The molecule has 4 aromatic rings. The van der Waals surface area contributed by atoms with Gasteiger partial charge >= 0.3 is 11.7 Å². The molecule has 1 saturated heterocycles. The Morgan fingerprint density at radius 2 is 1.65 bits per heavy atom. The van der Waals surface area contributed by atoms with E-state index in [1.807, 2.05) is 60.7 Å². The third-order valence-corrected chi connectivity index (χ3v) is 7.54. The summed E-state index contributed by atoms with van der Waals surface area (Å²) in [5.74, 6) is 0.488. The summed E-state index contributed by atoms with van der Waals surface area (Å²) in [6.45, 7) is 4.13. The highest BCUT2D eigenvalue weighted by atomic mass is 16.6. The number of esters is 1. The van der Waals surface area contributed by atoms with Crippen LogP contribution in [0.1, 0.15) is 42.1 Å². The standard InChI is InChI=1S/C34H33N5O7/c1-2-3-20-45-30-15-10-26(11-16-30)25-6-8-27(9-7-25)34(40)46-31-18-19-37(23-31)28-12-4-24(5-13-28)22-35-36-32-17-14-29(38(41)42)21-33(32)39(43)44/h4-17,21-22,31,36H,2-3,18-20,23H2,1H3/b35-22+. The first-order chi connectivity index (χ1) is 22.3. The maximum atomic E-state index is 12.9. The minimum absolute atomic E-state index is 0.0374. The summed E-state index contributed by atoms with van der Waals surface area (Å²) in [6.07, 6.45) is 4.07. The van der Waals surface area contributed by atoms with Crippen LogP contribution in [0.4, 0.5) is 22.7 Å². The summed E-state index contributed by atoms with van der Waals surface area (Å²) < 4.78 is 11.5. The molecular weight excluding hydrogens is 590 g/mol. The van der Waals surface area contributed by atoms with Crippen molar-refractivity contribution in [3.8, 4) is 16.9 Å². The predicted octanol–water partition coefficient (Wildman–Crippen LogP) is 7.23. The van der Waals surface area contributed by atoms with E-state index in [1.54, 1.807) is 12.1 Å². The lowest BCUT2D eigenvalue weighted by Crippen LogP contribution is -2.24. The molecule has 1 atom stereocenters. The number of hydrazone groups is 1. The molecule has 12 heteroatoms. The van der Waals surface area contributed by atoms with Gasteiger partial charge in [0.05, 0.1) is 40.8 Å². The van der Waals surface area contributed by atoms with E-state index in [4.69, 9.17) is 9.47 Å². The van der Waals surface area contributed by atoms with Gasteiger partial charge in [-0.05, 0) is 65.6 Å². The number of hydrogen-bond donors (Lipinski definition) is 1. The van der Waals surface area contributed by atoms with Gasteiger partial charge in [-0.15, -0.1) is 0 Å². The van der Waals surface area contributed by atoms with Crippen molar-refractivity contribution in [3.05, 3.63) is 122 Å². The van der Waals surface area contributed by atoms with Crippen LogP contribution in [-0.2, 0) is 4.74 Å². The van der Waals surface area contributed by atoms with Crippen molar-refractivity contribution in [2.45, 2.75) is 32.3 Å². The van der Waals surface area contributed by atoms with Crippen LogP contribution in [0, 0.1) is 20.2 Å². The number of carbonyl (C=O) groups is 1. The summed E-state index contributed by atoms with van der Waals surface area (Å²) in [5.41, 5.74) is 6.03. The predicted molar refractivity (Wildman–Crippen MR) is 176 cm³/mol. The van der Waals surface area contributed by atoms with Gasteiger partial charge in [0.1, 0.15) is 17.5 Å². The van der Waals surface area contributed by atoms with E-state index >= 15 is 0 Å². The van der Waals surface area contributed by atoms with Crippen molar-refractivity contribution < 1.29 is 24.1 Å². The number of rotatable bonds is 13. The van der Waals surface area contributed by atoms with Gasteiger partial charge in [0, 0.05) is 24.7 Å². The van der Waals surface area contributed by atoms with Crippen molar-refractivity contribution in [1.29, 1.82) is 0 Å². The Morgan fingerprint density at radius 1 is 0.957 bits per heavy atom. The van der Waals surface area contributed by atoms with Crippen LogP contribution in [0.15, 0.2) is 96.1 Å². The van der Waals surface area contributed by atoms with Crippen molar-refractivity contribution >= 4 is 34.9 Å². The van der Waals surface area contributed by atoms with Crippen molar-refractivity contribution in [2.75, 3.05) is 30.0 Å². The Hall–Kier alpha value is -5.78. The number of unbranched alkanes of at least 4 members (excludes halogenated alkanes) is 1. The second-order valence-corrected chi connectivity index (χ2v) is 10.7. The third-order valence-electron chi connectivity index (χ3n) is 7.54. The van der Waals surface area contributed by atoms with Crippen LogP contribution in [0.2, 0.25) is 0 Å². The normalized spacial score (nSPS) is 14.3. The lowest BCUT2D eigenvalue weighted by molar-refractivity contribution is -0.393. The van der Waals surface area contributed by atoms with Gasteiger partial charge < -0.3 is 14.4 Å². The zero-order valence-electron chi connectivity index (χ0n) is 25.2. The number of hydrogen-bond acceptors (Lipinski definition) is 10. The Morgan fingerprint density at radius 3 is 2.30 bits per heavy atom. The number of non-ortho nitro benzene ring substituents is 1. The first kappa shape index (κ1) is 31.6. The summed E-state index contributed by atoms with van der Waals surface area (Å²) in [4.78, 5) is 35.8. The van der Waals surface area contributed by atoms with Crippen LogP contribution in [0.3, 0.4) is 0 Å². The minimum atomic E-state index is -0.706. The molecule has 12 nitrogen and oxygen atoms in total. The van der Waals surface area contributed by atoms with Gasteiger partial charge in [-0.2, -0.15) is 5.10 Å². The Balaban J connectivity index is 1.11. The summed E-state index contributed by atoms with van der Waals surface area (Å²) in [7, 11) is 0. The van der Waals surface area contributed by atoms with E-state index in [0.29, 0.717) is 25.1 Å². The molecule has 0 spiro atoms. The molecule has 0 radical (unpaired) electrons. The molecule has 0 aliphatic carbocycles. The van der Waals surface area contributed by atoms with Gasteiger partial charge in [-0.3, -0.25) is 25.7 Å². The number of ether oxygens (including phenoxy) is 2. The fourth-order valence-electron chi connectivity index (χ4n) is 4.98. The number of benzene rings is 4. The largest absolute Gasteiger partial charge is 0.494 e. The SMILES string of the molecule is CCCCOc1ccc(-c2ccc(C(=O)OC3CCN(c4ccc(/C=N/Nc5ccc([N+](=O)[O-])cc5[N+](=O)[O-])cc4)C3)cc2)cc1. The molecule has 0 amide bonds. The average Bonchev–Trinajstić information content (AvgIpc) is 3.54. The fourth-order valence-corrected chi connectivity index (χ4v) is 4.98. The van der Waals surface area contributed by atoms with E-state index in [1.165, 1.54) is 18.3 Å². The summed E-state index contributed by atoms with van der Waals surface area (Å²) in [5, 5.41) is 26.3. The molecule has 1 aliphatic rings. The van der Waals surface area contributed by atoms with E-state index in [-0.39, 0.29) is 23.4 Å². The molecule has 1 unspecified atom stereocenters. The first-order valence-corrected chi connectivity index (χ1v) is 14.9. The summed E-state index contributed by atoms with van der Waals surface area (Å²) >= 11 is 0. The molecule has 4 aromatic carbocycles. The van der Waals surface area contributed by atoms with Crippen LogP contribution < -0.4 is 15.1 Å². The average molecular weight is 624 g/mol. The molecule has 1 heterocycles. The van der Waals surface area contributed by atoms with Gasteiger partial charge in [-0.1, -0.05) is 49.7 Å². The Bertz CT molecular complexity index is 1710. The molecule has 0 saturated carbocycles. The molecule has 46 heavy (non-hydrogen) atoms. The molecule has 0 bridgehead atoms. The van der Waals surface area contributed by atoms with Gasteiger partial charge in [0.2, 0.25) is 0 Å². The third kappa shape index (κ3) is 8.03. The van der Waals surface area contributed by atoms with Gasteiger partial charge in [-0.25, -0.2) is 4.79 Å².